The summed E-state index contributed by atoms with van der Waals surface area (Å²) >= 11 is 0. The van der Waals surface area contributed by atoms with Gasteiger partial charge in [0.25, 0.3) is 6.47 Å². The summed E-state index contributed by atoms with van der Waals surface area (Å²) in [4.78, 5) is 17.0. The monoisotopic (exact) mass is 256 g/mol. The van der Waals surface area contributed by atoms with Crippen LogP contribution in [0.4, 0.5) is 0 Å². The molecule has 96 valence electrons. The van der Waals surface area contributed by atoms with Crippen molar-refractivity contribution in [3.63, 3.8) is 0 Å². The van der Waals surface area contributed by atoms with Crippen LogP contribution in [0.15, 0.2) is 42.9 Å². The van der Waals surface area contributed by atoms with Gasteiger partial charge in [-0.15, -0.1) is 0 Å². The highest BCUT2D eigenvalue weighted by molar-refractivity contribution is 5.77. The Labute approximate surface area is 109 Å². The molecular weight excluding hydrogens is 244 g/mol. The summed E-state index contributed by atoms with van der Waals surface area (Å²) in [6.07, 6.45) is 5.44. The first-order valence-electron chi connectivity index (χ1n) is 5.57. The second-order valence-electron chi connectivity index (χ2n) is 3.67. The number of hydrogen-bond donors (Lipinski definition) is 1. The summed E-state index contributed by atoms with van der Waals surface area (Å²) in [5.74, 6) is 0. The van der Waals surface area contributed by atoms with Crippen LogP contribution in [0.1, 0.15) is 5.69 Å². The van der Waals surface area contributed by atoms with Crippen molar-refractivity contribution >= 4 is 12.1 Å². The van der Waals surface area contributed by atoms with Crippen LogP contribution in [0, 0.1) is 6.92 Å². The first kappa shape index (κ1) is 12.7. The zero-order valence-electron chi connectivity index (χ0n) is 10.3. The maximum Gasteiger partial charge on any atom is 0.290 e. The molecule has 6 nitrogen and oxygen atoms in total. The van der Waals surface area contributed by atoms with Gasteiger partial charge in [-0.25, -0.2) is 9.50 Å². The molecule has 0 spiro atoms. The van der Waals surface area contributed by atoms with Crippen molar-refractivity contribution in [2.24, 2.45) is 0 Å². The Morgan fingerprint density at radius 2 is 1.95 bits per heavy atom. The summed E-state index contributed by atoms with van der Waals surface area (Å²) in [7, 11) is 0. The molecule has 19 heavy (non-hydrogen) atoms. The lowest BCUT2D eigenvalue weighted by Gasteiger charge is -1.97. The Kier molecular flexibility index (Phi) is 3.82. The quantitative estimate of drug-likeness (QED) is 0.671. The molecule has 0 saturated heterocycles. The van der Waals surface area contributed by atoms with Gasteiger partial charge in [0.15, 0.2) is 5.65 Å². The first-order chi connectivity index (χ1) is 9.27. The van der Waals surface area contributed by atoms with E-state index in [9.17, 15) is 0 Å². The van der Waals surface area contributed by atoms with E-state index in [0.717, 1.165) is 22.6 Å². The third-order valence-corrected chi connectivity index (χ3v) is 2.49. The Morgan fingerprint density at radius 3 is 2.63 bits per heavy atom. The molecule has 0 aliphatic carbocycles. The Balaban J connectivity index is 0.000000408. The molecule has 0 aliphatic rings. The minimum Gasteiger partial charge on any atom is -0.483 e. The van der Waals surface area contributed by atoms with Crippen molar-refractivity contribution in [1.82, 2.24) is 19.6 Å². The molecule has 0 unspecified atom stereocenters. The number of hydrogen-bond acceptors (Lipinski definition) is 4. The molecule has 3 heterocycles. The molecule has 3 aromatic rings. The number of nitrogens with zero attached hydrogens (tertiary/aromatic N) is 4. The summed E-state index contributed by atoms with van der Waals surface area (Å²) in [5, 5.41) is 11.3. The molecule has 0 aromatic carbocycles. The molecule has 0 bridgehead atoms. The first-order valence-corrected chi connectivity index (χ1v) is 5.57. The topological polar surface area (TPSA) is 80.4 Å². The molecule has 0 radical (unpaired) electrons. The van der Waals surface area contributed by atoms with Crippen molar-refractivity contribution in [2.75, 3.05) is 0 Å². The number of rotatable bonds is 1. The van der Waals surface area contributed by atoms with E-state index < -0.39 is 0 Å². The zero-order valence-corrected chi connectivity index (χ0v) is 10.3. The molecule has 0 aliphatic heterocycles. The summed E-state index contributed by atoms with van der Waals surface area (Å²) in [6, 6.07) is 7.70. The van der Waals surface area contributed by atoms with E-state index in [-0.39, 0.29) is 6.47 Å². The van der Waals surface area contributed by atoms with Crippen molar-refractivity contribution in [3.8, 4) is 11.3 Å². The van der Waals surface area contributed by atoms with Crippen LogP contribution in [0.2, 0.25) is 0 Å². The molecule has 0 amide bonds. The highest BCUT2D eigenvalue weighted by Gasteiger charge is 2.12. The highest BCUT2D eigenvalue weighted by atomic mass is 16.3. The third kappa shape index (κ3) is 2.57. The fraction of sp³-hybridized carbons (Fsp3) is 0.0769. The van der Waals surface area contributed by atoms with E-state index in [1.807, 2.05) is 37.4 Å². The van der Waals surface area contributed by atoms with E-state index in [1.165, 1.54) is 0 Å². The van der Waals surface area contributed by atoms with Crippen LogP contribution in [-0.2, 0) is 4.79 Å². The number of fused-ring (bicyclic) bond motifs is 1. The Morgan fingerprint density at radius 1 is 1.21 bits per heavy atom. The molecular formula is C13H12N4O2. The van der Waals surface area contributed by atoms with Gasteiger partial charge in [-0.1, -0.05) is 6.07 Å². The van der Waals surface area contributed by atoms with Crippen molar-refractivity contribution in [1.29, 1.82) is 0 Å². The fourth-order valence-electron chi connectivity index (χ4n) is 1.81. The molecule has 1 N–H and O–H groups in total. The number of aryl methyl sites for hydroxylation is 1. The number of aromatic nitrogens is 4. The largest absolute Gasteiger partial charge is 0.483 e. The van der Waals surface area contributed by atoms with Crippen molar-refractivity contribution in [3.05, 3.63) is 48.5 Å². The maximum absolute atomic E-state index is 8.36. The lowest BCUT2D eigenvalue weighted by atomic mass is 10.1. The normalized spacial score (nSPS) is 9.74. The predicted molar refractivity (Wildman–Crippen MR) is 69.6 cm³/mol. The lowest BCUT2D eigenvalue weighted by molar-refractivity contribution is -0.122. The SMILES string of the molecule is Cc1nn2cccnc2c1-c1ccccn1.O=CO. The van der Waals surface area contributed by atoms with Crippen LogP contribution in [0.25, 0.3) is 16.9 Å². The molecule has 3 aromatic heterocycles. The Hall–Kier alpha value is -2.76. The van der Waals surface area contributed by atoms with Gasteiger partial charge in [-0.3, -0.25) is 9.78 Å². The van der Waals surface area contributed by atoms with Gasteiger partial charge in [0.05, 0.1) is 17.0 Å². The van der Waals surface area contributed by atoms with Gasteiger partial charge in [0.2, 0.25) is 0 Å². The summed E-state index contributed by atoms with van der Waals surface area (Å²) in [5.41, 5.74) is 3.70. The van der Waals surface area contributed by atoms with E-state index in [1.54, 1.807) is 16.9 Å². The van der Waals surface area contributed by atoms with Gasteiger partial charge < -0.3 is 5.11 Å². The van der Waals surface area contributed by atoms with Gasteiger partial charge in [0.1, 0.15) is 0 Å². The second-order valence-corrected chi connectivity index (χ2v) is 3.67. The highest BCUT2D eigenvalue weighted by Crippen LogP contribution is 2.24. The van der Waals surface area contributed by atoms with E-state index >= 15 is 0 Å². The number of carbonyl (C=O) groups is 1. The van der Waals surface area contributed by atoms with Gasteiger partial charge in [0, 0.05) is 18.6 Å². The van der Waals surface area contributed by atoms with Crippen LogP contribution in [0.5, 0.6) is 0 Å². The van der Waals surface area contributed by atoms with E-state index in [0.29, 0.717) is 0 Å². The average Bonchev–Trinajstić information content (AvgIpc) is 2.76. The predicted octanol–water partition coefficient (Wildman–Crippen LogP) is 1.80. The molecule has 0 atom stereocenters. The van der Waals surface area contributed by atoms with Crippen LogP contribution in [-0.4, -0.2) is 31.2 Å². The molecule has 0 saturated carbocycles. The van der Waals surface area contributed by atoms with E-state index in [2.05, 4.69) is 15.1 Å². The maximum atomic E-state index is 8.36. The molecule has 6 heteroatoms. The van der Waals surface area contributed by atoms with Gasteiger partial charge in [-0.05, 0) is 25.1 Å². The number of pyridine rings is 1. The summed E-state index contributed by atoms with van der Waals surface area (Å²) < 4.78 is 1.78. The van der Waals surface area contributed by atoms with Crippen molar-refractivity contribution < 1.29 is 9.90 Å². The smallest absolute Gasteiger partial charge is 0.290 e. The average molecular weight is 256 g/mol. The Bertz CT molecular complexity index is 679. The van der Waals surface area contributed by atoms with Crippen LogP contribution in [0.3, 0.4) is 0 Å². The number of carboxylic acid groups (broad SMARTS) is 1. The standard InChI is InChI=1S/C12H10N4.CH2O2/c1-9-11(10-5-2-3-6-13-10)12-14-7-4-8-16(12)15-9;2-1-3/h2-8H,1H3;1H,(H,2,3). The summed E-state index contributed by atoms with van der Waals surface area (Å²) in [6.45, 7) is 1.72. The lowest BCUT2D eigenvalue weighted by Crippen LogP contribution is -1.88. The van der Waals surface area contributed by atoms with Gasteiger partial charge >= 0.3 is 0 Å². The molecule has 0 fully saturated rings. The van der Waals surface area contributed by atoms with Crippen LogP contribution >= 0.6 is 0 Å². The minimum absolute atomic E-state index is 0.250. The zero-order chi connectivity index (χ0) is 13.7. The minimum atomic E-state index is -0.250. The van der Waals surface area contributed by atoms with Crippen LogP contribution < -0.4 is 0 Å². The third-order valence-electron chi connectivity index (χ3n) is 2.49. The fourth-order valence-corrected chi connectivity index (χ4v) is 1.81. The van der Waals surface area contributed by atoms with E-state index in [4.69, 9.17) is 9.90 Å². The van der Waals surface area contributed by atoms with Crippen molar-refractivity contribution in [2.45, 2.75) is 6.92 Å². The van der Waals surface area contributed by atoms with Gasteiger partial charge in [-0.2, -0.15) is 5.10 Å². The second kappa shape index (κ2) is 5.72. The molecule has 3 rings (SSSR count).